The predicted molar refractivity (Wildman–Crippen MR) is 103 cm³/mol. The van der Waals surface area contributed by atoms with Crippen molar-refractivity contribution in [3.05, 3.63) is 84.9 Å². The van der Waals surface area contributed by atoms with Crippen molar-refractivity contribution in [1.29, 1.82) is 0 Å². The second kappa shape index (κ2) is 11.9. The molecule has 0 aliphatic heterocycles. The number of hydrogen-bond donors (Lipinski definition) is 0. The molecule has 0 radical (unpaired) electrons. The third-order valence-corrected chi connectivity index (χ3v) is 3.10. The summed E-state index contributed by atoms with van der Waals surface area (Å²) in [6, 6.07) is 29.3. The number of benzene rings is 2. The van der Waals surface area contributed by atoms with E-state index in [4.69, 9.17) is 4.79 Å². The number of rotatable bonds is 0. The molecule has 3 heteroatoms. The summed E-state index contributed by atoms with van der Waals surface area (Å²) in [5, 5.41) is 5.32. The van der Waals surface area contributed by atoms with Crippen LogP contribution in [0.15, 0.2) is 84.9 Å². The summed E-state index contributed by atoms with van der Waals surface area (Å²) in [4.78, 5) is 7.75. The number of hydrogen-bond acceptors (Lipinski definition) is 1. The Kier molecular flexibility index (Phi) is 10.1. The van der Waals surface area contributed by atoms with Gasteiger partial charge < -0.3 is 4.79 Å². The minimum absolute atomic E-state index is 0.210. The Hall–Kier alpha value is -1.57. The first-order valence-corrected chi connectivity index (χ1v) is 13.8. The number of carbonyl (C=O) groups excluding carboxylic acids is 1. The van der Waals surface area contributed by atoms with Crippen LogP contribution in [0.2, 0.25) is 13.1 Å². The van der Waals surface area contributed by atoms with Crippen molar-refractivity contribution in [1.82, 2.24) is 0 Å². The van der Waals surface area contributed by atoms with Crippen molar-refractivity contribution in [3.8, 4) is 0 Å². The molecule has 0 atom stereocenters. The quantitative estimate of drug-likeness (QED) is 0.209. The summed E-state index contributed by atoms with van der Waals surface area (Å²) in [7, 11) is 0. The molecule has 24 heavy (non-hydrogen) atoms. The normalized spacial score (nSPS) is 8.88. The van der Waals surface area contributed by atoms with Gasteiger partial charge in [0.15, 0.2) is 0 Å². The van der Waals surface area contributed by atoms with Crippen LogP contribution < -0.4 is 0 Å². The molecule has 4 aromatic carbocycles. The molecule has 0 spiro atoms. The van der Waals surface area contributed by atoms with Crippen molar-refractivity contribution < 1.29 is 28.1 Å². The molecule has 0 N–H and O–H groups in total. The summed E-state index contributed by atoms with van der Waals surface area (Å²) in [5.74, 6) is 0. The zero-order valence-corrected chi connectivity index (χ0v) is 17.5. The topological polar surface area (TPSA) is 17.1 Å². The molecular formula is C21H21OSiZr-3. The van der Waals surface area contributed by atoms with E-state index in [2.05, 4.69) is 105 Å². The predicted octanol–water partition coefficient (Wildman–Crippen LogP) is 5.63. The third kappa shape index (κ3) is 7.33. The van der Waals surface area contributed by atoms with E-state index in [1.807, 2.05) is 0 Å². The molecule has 0 amide bonds. The average molecular weight is 409 g/mol. The smallest absolute Gasteiger partial charge is 0.0809 e. The molecule has 122 valence electrons. The van der Waals surface area contributed by atoms with Gasteiger partial charge in [0, 0.05) is 0 Å². The Labute approximate surface area is 159 Å². The SMILES string of the molecule is C[Si](C)=[Zr].[CH-]=O.c1ccc2[cH-]ccc2c1.c1ccc2[cH-]ccc2c1. The second-order valence-corrected chi connectivity index (χ2v) is 14.7. The fraction of sp³-hybridized carbons (Fsp3) is 0.0952. The van der Waals surface area contributed by atoms with Crippen LogP contribution in [-0.4, -0.2) is 12.2 Å². The van der Waals surface area contributed by atoms with Crippen LogP contribution in [0.3, 0.4) is 0 Å². The van der Waals surface area contributed by atoms with Gasteiger partial charge in [-0.05, 0) is 0 Å². The van der Waals surface area contributed by atoms with Gasteiger partial charge in [-0.15, -0.1) is 59.3 Å². The van der Waals surface area contributed by atoms with Gasteiger partial charge in [-0.2, -0.15) is 35.0 Å². The van der Waals surface area contributed by atoms with E-state index < -0.39 is 0 Å². The third-order valence-electron chi connectivity index (χ3n) is 3.10. The first-order chi connectivity index (χ1) is 11.7. The van der Waals surface area contributed by atoms with Gasteiger partial charge in [0.05, 0.1) is 0 Å². The van der Waals surface area contributed by atoms with E-state index in [1.54, 1.807) is 23.3 Å². The Balaban J connectivity index is 0.000000183. The fourth-order valence-corrected chi connectivity index (χ4v) is 2.14. The van der Waals surface area contributed by atoms with Gasteiger partial charge in [-0.3, -0.25) is 6.79 Å². The van der Waals surface area contributed by atoms with Crippen LogP contribution in [-0.2, 0) is 28.1 Å². The fourth-order valence-electron chi connectivity index (χ4n) is 2.14. The summed E-state index contributed by atoms with van der Waals surface area (Å²) in [5.41, 5.74) is 0.210. The molecule has 0 unspecified atom stereocenters. The molecular weight excluding hydrogens is 388 g/mol. The van der Waals surface area contributed by atoms with E-state index in [-0.39, 0.29) is 5.43 Å². The Morgan fingerprint density at radius 3 is 1.42 bits per heavy atom. The van der Waals surface area contributed by atoms with Gasteiger partial charge >= 0.3 is 41.9 Å². The molecule has 0 saturated carbocycles. The monoisotopic (exact) mass is 407 g/mol. The maximum Gasteiger partial charge on any atom is -0.0809 e. The standard InChI is InChI=1S/2C9H7.C2H6Si.CHO.Zr/c2*1-2-5-9-7-3-6-8(9)4-1;1-3-2;1-2;/h2*1-7H;1-2H3;1H;/q2*-1;;-1;. The Morgan fingerprint density at radius 1 is 0.750 bits per heavy atom. The molecule has 0 aliphatic carbocycles. The van der Waals surface area contributed by atoms with Crippen LogP contribution in [0.5, 0.6) is 0 Å². The summed E-state index contributed by atoms with van der Waals surface area (Å²) < 4.78 is 0. The van der Waals surface area contributed by atoms with Crippen LogP contribution >= 0.6 is 0 Å². The van der Waals surface area contributed by atoms with Gasteiger partial charge in [-0.1, -0.05) is 12.1 Å². The van der Waals surface area contributed by atoms with Crippen molar-refractivity contribution in [2.45, 2.75) is 13.1 Å². The molecule has 0 saturated heterocycles. The van der Waals surface area contributed by atoms with Gasteiger partial charge in [0.1, 0.15) is 0 Å². The van der Waals surface area contributed by atoms with E-state index >= 15 is 0 Å². The molecule has 1 nitrogen and oxygen atoms in total. The molecule has 0 aromatic heterocycles. The molecule has 0 aliphatic rings. The van der Waals surface area contributed by atoms with Crippen molar-refractivity contribution in [2.24, 2.45) is 0 Å². The van der Waals surface area contributed by atoms with E-state index in [0.29, 0.717) is 0 Å². The van der Waals surface area contributed by atoms with Crippen LogP contribution in [0.1, 0.15) is 0 Å². The zero-order valence-electron chi connectivity index (χ0n) is 14.1. The van der Waals surface area contributed by atoms with Crippen molar-refractivity contribution >= 4 is 33.8 Å². The Bertz CT molecular complexity index is 730. The van der Waals surface area contributed by atoms with E-state index in [1.165, 1.54) is 21.5 Å². The minimum atomic E-state index is 0.210. The van der Waals surface area contributed by atoms with Gasteiger partial charge in [0.25, 0.3) is 0 Å². The van der Waals surface area contributed by atoms with Crippen molar-refractivity contribution in [2.75, 3.05) is 0 Å². The zero-order chi connectivity index (χ0) is 17.8. The Morgan fingerprint density at radius 2 is 1.08 bits per heavy atom. The van der Waals surface area contributed by atoms with Crippen molar-refractivity contribution in [3.63, 3.8) is 0 Å². The average Bonchev–Trinajstić information content (AvgIpc) is 3.26. The molecule has 0 heterocycles. The van der Waals surface area contributed by atoms with Crippen LogP contribution in [0, 0.1) is 0 Å². The summed E-state index contributed by atoms with van der Waals surface area (Å²) in [6.45, 7) is 7.87. The molecule has 0 bridgehead atoms. The van der Waals surface area contributed by atoms with E-state index in [9.17, 15) is 0 Å². The summed E-state index contributed by atoms with van der Waals surface area (Å²) in [6.07, 6.45) is 0. The van der Waals surface area contributed by atoms with Gasteiger partial charge in [0.2, 0.25) is 0 Å². The largest absolute Gasteiger partial charge is 0.545 e. The van der Waals surface area contributed by atoms with Crippen LogP contribution in [0.25, 0.3) is 21.5 Å². The number of fused-ring (bicyclic) bond motifs is 2. The second-order valence-electron chi connectivity index (χ2n) is 5.31. The molecule has 4 aromatic rings. The minimum Gasteiger partial charge on any atom is -0.545 e. The maximum atomic E-state index is 7.75. The van der Waals surface area contributed by atoms with Gasteiger partial charge in [-0.25, -0.2) is 0 Å². The molecule has 4 rings (SSSR count). The first-order valence-electron chi connectivity index (χ1n) is 7.63. The van der Waals surface area contributed by atoms with Crippen LogP contribution in [0.4, 0.5) is 0 Å². The van der Waals surface area contributed by atoms with E-state index in [0.717, 1.165) is 0 Å². The first kappa shape index (κ1) is 20.5. The summed E-state index contributed by atoms with van der Waals surface area (Å²) >= 11 is 1.74. The molecule has 0 fully saturated rings. The maximum absolute atomic E-state index is 7.75.